The van der Waals surface area contributed by atoms with Crippen molar-refractivity contribution in [2.75, 3.05) is 0 Å². The lowest BCUT2D eigenvalue weighted by atomic mass is 10.0. The summed E-state index contributed by atoms with van der Waals surface area (Å²) in [6, 6.07) is 6.86. The molecular formula is C13H13ClFNS. The zero-order chi connectivity index (χ0) is 12.3. The monoisotopic (exact) mass is 269 g/mol. The van der Waals surface area contributed by atoms with Crippen molar-refractivity contribution in [3.05, 3.63) is 57.0 Å². The minimum absolute atomic E-state index is 0.0335. The highest BCUT2D eigenvalue weighted by atomic mass is 35.5. The summed E-state index contributed by atoms with van der Waals surface area (Å²) in [5.41, 5.74) is 8.27. The number of hydrogen-bond donors (Lipinski definition) is 1. The molecule has 2 rings (SSSR count). The second-order valence-electron chi connectivity index (χ2n) is 4.05. The second kappa shape index (κ2) is 5.63. The molecule has 0 aliphatic carbocycles. The minimum Gasteiger partial charge on any atom is -0.327 e. The van der Waals surface area contributed by atoms with E-state index in [1.807, 2.05) is 5.38 Å². The van der Waals surface area contributed by atoms with Gasteiger partial charge < -0.3 is 5.73 Å². The van der Waals surface area contributed by atoms with Gasteiger partial charge in [-0.2, -0.15) is 11.3 Å². The van der Waals surface area contributed by atoms with Crippen molar-refractivity contribution in [2.24, 2.45) is 5.73 Å². The maximum absolute atomic E-state index is 13.0. The summed E-state index contributed by atoms with van der Waals surface area (Å²) in [5, 5.41) is 4.29. The molecule has 0 aliphatic rings. The van der Waals surface area contributed by atoms with Gasteiger partial charge in [-0.25, -0.2) is 4.39 Å². The van der Waals surface area contributed by atoms with Crippen LogP contribution in [-0.4, -0.2) is 6.04 Å². The molecule has 0 saturated carbocycles. The van der Waals surface area contributed by atoms with E-state index in [0.717, 1.165) is 12.0 Å². The van der Waals surface area contributed by atoms with Gasteiger partial charge in [-0.3, -0.25) is 0 Å². The molecule has 0 saturated heterocycles. The molecule has 1 nitrogen and oxygen atoms in total. The fourth-order valence-corrected chi connectivity index (χ4v) is 2.64. The Balaban J connectivity index is 1.98. The molecule has 2 aromatic rings. The summed E-state index contributed by atoms with van der Waals surface area (Å²) in [7, 11) is 0. The third-order valence-electron chi connectivity index (χ3n) is 2.56. The van der Waals surface area contributed by atoms with Gasteiger partial charge in [0, 0.05) is 6.04 Å². The molecule has 1 heterocycles. The van der Waals surface area contributed by atoms with Crippen LogP contribution in [0.3, 0.4) is 0 Å². The predicted octanol–water partition coefficient (Wildman–Crippen LogP) is 3.65. The molecule has 1 aromatic heterocycles. The van der Waals surface area contributed by atoms with Gasteiger partial charge in [0.2, 0.25) is 0 Å². The van der Waals surface area contributed by atoms with Gasteiger partial charge in [-0.05, 0) is 52.9 Å². The van der Waals surface area contributed by atoms with Gasteiger partial charge in [0.1, 0.15) is 5.82 Å². The van der Waals surface area contributed by atoms with Crippen LogP contribution < -0.4 is 5.73 Å². The summed E-state index contributed by atoms with van der Waals surface area (Å²) in [4.78, 5) is 0. The summed E-state index contributed by atoms with van der Waals surface area (Å²) in [6.45, 7) is 0. The number of rotatable bonds is 4. The Labute approximate surface area is 109 Å². The first-order chi connectivity index (χ1) is 8.15. The van der Waals surface area contributed by atoms with Crippen molar-refractivity contribution in [3.8, 4) is 0 Å². The zero-order valence-corrected chi connectivity index (χ0v) is 10.8. The van der Waals surface area contributed by atoms with Gasteiger partial charge in [-0.1, -0.05) is 17.7 Å². The van der Waals surface area contributed by atoms with Crippen LogP contribution in [0.25, 0.3) is 0 Å². The third-order valence-corrected chi connectivity index (χ3v) is 3.58. The first kappa shape index (κ1) is 12.6. The largest absolute Gasteiger partial charge is 0.327 e. The van der Waals surface area contributed by atoms with E-state index in [9.17, 15) is 4.39 Å². The highest BCUT2D eigenvalue weighted by molar-refractivity contribution is 7.07. The van der Waals surface area contributed by atoms with Crippen LogP contribution in [0, 0.1) is 5.82 Å². The Morgan fingerprint density at radius 3 is 2.65 bits per heavy atom. The average Bonchev–Trinajstić information content (AvgIpc) is 2.76. The summed E-state index contributed by atoms with van der Waals surface area (Å²) in [6.07, 6.45) is 1.54. The molecule has 1 unspecified atom stereocenters. The molecule has 0 bridgehead atoms. The van der Waals surface area contributed by atoms with Gasteiger partial charge in [0.15, 0.2) is 0 Å². The summed E-state index contributed by atoms with van der Waals surface area (Å²) >= 11 is 7.39. The Morgan fingerprint density at radius 1 is 1.24 bits per heavy atom. The molecule has 0 spiro atoms. The van der Waals surface area contributed by atoms with Crippen molar-refractivity contribution >= 4 is 22.9 Å². The van der Waals surface area contributed by atoms with Crippen molar-refractivity contribution in [3.63, 3.8) is 0 Å². The highest BCUT2D eigenvalue weighted by Crippen LogP contribution is 2.17. The van der Waals surface area contributed by atoms with Gasteiger partial charge in [0.05, 0.1) is 5.02 Å². The lowest BCUT2D eigenvalue weighted by Crippen LogP contribution is -2.25. The van der Waals surface area contributed by atoms with E-state index in [1.54, 1.807) is 23.5 Å². The van der Waals surface area contributed by atoms with Crippen LogP contribution in [0.2, 0.25) is 5.02 Å². The Bertz CT molecular complexity index is 484. The second-order valence-corrected chi connectivity index (χ2v) is 5.24. The van der Waals surface area contributed by atoms with Gasteiger partial charge >= 0.3 is 0 Å². The number of nitrogens with two attached hydrogens (primary N) is 1. The maximum Gasteiger partial charge on any atom is 0.141 e. The van der Waals surface area contributed by atoms with E-state index in [4.69, 9.17) is 17.3 Å². The zero-order valence-electron chi connectivity index (χ0n) is 9.20. The van der Waals surface area contributed by atoms with Crippen molar-refractivity contribution in [2.45, 2.75) is 18.9 Å². The van der Waals surface area contributed by atoms with E-state index >= 15 is 0 Å². The lowest BCUT2D eigenvalue weighted by molar-refractivity contribution is 0.624. The molecule has 0 aliphatic heterocycles. The first-order valence-electron chi connectivity index (χ1n) is 5.36. The molecule has 0 radical (unpaired) electrons. The summed E-state index contributed by atoms with van der Waals surface area (Å²) < 4.78 is 13.0. The topological polar surface area (TPSA) is 26.0 Å². The normalized spacial score (nSPS) is 12.6. The van der Waals surface area contributed by atoms with Crippen LogP contribution >= 0.6 is 22.9 Å². The molecular weight excluding hydrogens is 257 g/mol. The number of thiophene rings is 1. The smallest absolute Gasteiger partial charge is 0.141 e. The molecule has 17 heavy (non-hydrogen) atoms. The van der Waals surface area contributed by atoms with E-state index < -0.39 is 0 Å². The van der Waals surface area contributed by atoms with Crippen molar-refractivity contribution in [1.82, 2.24) is 0 Å². The molecule has 2 N–H and O–H groups in total. The predicted molar refractivity (Wildman–Crippen MR) is 71.1 cm³/mol. The Hall–Kier alpha value is -0.900. The molecule has 1 aromatic carbocycles. The van der Waals surface area contributed by atoms with Crippen LogP contribution in [0.1, 0.15) is 11.1 Å². The Kier molecular flexibility index (Phi) is 4.15. The SMILES string of the molecule is NC(Cc1ccsc1)Cc1ccc(F)c(Cl)c1. The molecule has 1 atom stereocenters. The standard InChI is InChI=1S/C13H13ClFNS/c14-12-7-9(1-2-13(12)15)5-11(16)6-10-3-4-17-8-10/h1-4,7-8,11H,5-6,16H2. The van der Waals surface area contributed by atoms with Crippen molar-refractivity contribution < 1.29 is 4.39 Å². The third kappa shape index (κ3) is 3.53. The molecule has 90 valence electrons. The fourth-order valence-electron chi connectivity index (χ4n) is 1.75. The first-order valence-corrected chi connectivity index (χ1v) is 6.68. The van der Waals surface area contributed by atoms with E-state index in [1.165, 1.54) is 11.6 Å². The Morgan fingerprint density at radius 2 is 2.00 bits per heavy atom. The number of halogens is 2. The van der Waals surface area contributed by atoms with Crippen molar-refractivity contribution in [1.29, 1.82) is 0 Å². The minimum atomic E-state index is -0.387. The number of benzene rings is 1. The van der Waals surface area contributed by atoms with Crippen LogP contribution in [-0.2, 0) is 12.8 Å². The fraction of sp³-hybridized carbons (Fsp3) is 0.231. The van der Waals surface area contributed by atoms with Crippen LogP contribution in [0.15, 0.2) is 35.0 Å². The average molecular weight is 270 g/mol. The van der Waals surface area contributed by atoms with Gasteiger partial charge in [-0.15, -0.1) is 0 Å². The molecule has 4 heteroatoms. The van der Waals surface area contributed by atoms with E-state index in [0.29, 0.717) is 6.42 Å². The molecule has 0 fully saturated rings. The maximum atomic E-state index is 13.0. The highest BCUT2D eigenvalue weighted by Gasteiger charge is 2.07. The van der Waals surface area contributed by atoms with Gasteiger partial charge in [0.25, 0.3) is 0 Å². The molecule has 0 amide bonds. The summed E-state index contributed by atoms with van der Waals surface area (Å²) in [5.74, 6) is -0.387. The lowest BCUT2D eigenvalue weighted by Gasteiger charge is -2.11. The van der Waals surface area contributed by atoms with E-state index in [-0.39, 0.29) is 16.9 Å². The quantitative estimate of drug-likeness (QED) is 0.901. The van der Waals surface area contributed by atoms with Crippen LogP contribution in [0.4, 0.5) is 4.39 Å². The number of hydrogen-bond acceptors (Lipinski definition) is 2. The van der Waals surface area contributed by atoms with Crippen LogP contribution in [0.5, 0.6) is 0 Å². The van der Waals surface area contributed by atoms with E-state index in [2.05, 4.69) is 11.4 Å².